The lowest BCUT2D eigenvalue weighted by molar-refractivity contribution is -0.142. The fraction of sp³-hybridized carbons (Fsp3) is 0.593. The van der Waals surface area contributed by atoms with E-state index in [2.05, 4.69) is 23.8 Å². The van der Waals surface area contributed by atoms with Crippen LogP contribution in [0, 0.1) is 5.92 Å². The summed E-state index contributed by atoms with van der Waals surface area (Å²) in [6, 6.07) is 7.98. The Hall–Kier alpha value is -2.43. The summed E-state index contributed by atoms with van der Waals surface area (Å²) < 4.78 is 5.68. The summed E-state index contributed by atoms with van der Waals surface area (Å²) in [5, 5.41) is 9.76. The van der Waals surface area contributed by atoms with Crippen LogP contribution in [-0.2, 0) is 4.79 Å². The number of hydrogen-bond acceptors (Lipinski definition) is 4. The van der Waals surface area contributed by atoms with Crippen LogP contribution in [0.15, 0.2) is 36.7 Å². The van der Waals surface area contributed by atoms with E-state index in [4.69, 9.17) is 4.74 Å². The molecule has 0 fully saturated rings. The molecule has 0 aliphatic heterocycles. The highest BCUT2D eigenvalue weighted by molar-refractivity contribution is 5.71. The molecule has 5 nitrogen and oxygen atoms in total. The molecule has 2 atom stereocenters. The van der Waals surface area contributed by atoms with Gasteiger partial charge in [0.25, 0.3) is 0 Å². The van der Waals surface area contributed by atoms with Crippen LogP contribution in [0.3, 0.4) is 0 Å². The molecule has 2 rings (SSSR count). The van der Waals surface area contributed by atoms with Crippen molar-refractivity contribution in [1.82, 2.24) is 9.97 Å². The first-order chi connectivity index (χ1) is 15.6. The Bertz CT molecular complexity index is 774. The number of aromatic nitrogens is 2. The van der Waals surface area contributed by atoms with E-state index < -0.39 is 5.97 Å². The van der Waals surface area contributed by atoms with Crippen molar-refractivity contribution in [2.75, 3.05) is 6.61 Å². The van der Waals surface area contributed by atoms with Crippen LogP contribution in [0.5, 0.6) is 5.75 Å². The number of carboxylic acids is 1. The zero-order valence-electron chi connectivity index (χ0n) is 20.1. The van der Waals surface area contributed by atoms with E-state index in [9.17, 15) is 9.90 Å². The van der Waals surface area contributed by atoms with Crippen LogP contribution >= 0.6 is 0 Å². The van der Waals surface area contributed by atoms with E-state index >= 15 is 0 Å². The molecule has 1 heterocycles. The number of ether oxygens (including phenoxy) is 1. The summed E-state index contributed by atoms with van der Waals surface area (Å²) in [7, 11) is 0. The second-order valence-corrected chi connectivity index (χ2v) is 8.71. The number of aliphatic carboxylic acids is 1. The van der Waals surface area contributed by atoms with Gasteiger partial charge in [0.05, 0.1) is 24.9 Å². The molecular weight excluding hydrogens is 400 g/mol. The first kappa shape index (κ1) is 25.8. The van der Waals surface area contributed by atoms with Crippen molar-refractivity contribution in [1.29, 1.82) is 0 Å². The molecule has 0 saturated carbocycles. The van der Waals surface area contributed by atoms with Crippen molar-refractivity contribution in [3.8, 4) is 17.1 Å². The van der Waals surface area contributed by atoms with E-state index in [1.807, 2.05) is 31.2 Å². The Morgan fingerprint density at radius 3 is 2.12 bits per heavy atom. The third kappa shape index (κ3) is 8.60. The normalized spacial score (nSPS) is 13.0. The van der Waals surface area contributed by atoms with Crippen LogP contribution in [0.2, 0.25) is 0 Å². The number of rotatable bonds is 16. The number of carboxylic acid groups (broad SMARTS) is 1. The van der Waals surface area contributed by atoms with Crippen molar-refractivity contribution in [3.05, 3.63) is 42.2 Å². The second kappa shape index (κ2) is 14.6. The average molecular weight is 441 g/mol. The van der Waals surface area contributed by atoms with E-state index in [0.717, 1.165) is 43.2 Å². The van der Waals surface area contributed by atoms with Gasteiger partial charge in [-0.05, 0) is 24.3 Å². The predicted octanol–water partition coefficient (Wildman–Crippen LogP) is 7.27. The lowest BCUT2D eigenvalue weighted by Crippen LogP contribution is -2.20. The molecule has 0 amide bonds. The van der Waals surface area contributed by atoms with Crippen LogP contribution in [-0.4, -0.2) is 27.7 Å². The predicted molar refractivity (Wildman–Crippen MR) is 130 cm³/mol. The largest absolute Gasteiger partial charge is 0.490 e. The summed E-state index contributed by atoms with van der Waals surface area (Å²) in [5.74, 6) is 0.249. The fourth-order valence-corrected chi connectivity index (χ4v) is 3.98. The van der Waals surface area contributed by atoms with Gasteiger partial charge in [-0.3, -0.25) is 4.79 Å². The maximum atomic E-state index is 11.9. The van der Waals surface area contributed by atoms with Crippen molar-refractivity contribution in [2.45, 2.75) is 90.9 Å². The zero-order chi connectivity index (χ0) is 23.2. The molecule has 1 aromatic carbocycles. The minimum atomic E-state index is -0.701. The van der Waals surface area contributed by atoms with Gasteiger partial charge >= 0.3 is 5.97 Å². The molecular formula is C27H40N2O3. The summed E-state index contributed by atoms with van der Waals surface area (Å²) in [6.45, 7) is 7.08. The Labute approximate surface area is 193 Å². The molecule has 1 aromatic heterocycles. The summed E-state index contributed by atoms with van der Waals surface area (Å²) in [6.07, 6.45) is 14.6. The van der Waals surface area contributed by atoms with Crippen molar-refractivity contribution >= 4 is 5.97 Å². The Morgan fingerprint density at radius 1 is 0.906 bits per heavy atom. The number of nitrogens with zero attached hydrogens (tertiary/aromatic N) is 2. The summed E-state index contributed by atoms with van der Waals surface area (Å²) in [5.41, 5.74) is 1.96. The van der Waals surface area contributed by atoms with Gasteiger partial charge in [0, 0.05) is 5.56 Å². The third-order valence-corrected chi connectivity index (χ3v) is 6.13. The number of hydrogen-bond donors (Lipinski definition) is 1. The fourth-order valence-electron chi connectivity index (χ4n) is 3.98. The standard InChI is InChI=1S/C27H40N2O3/c1-4-6-8-9-10-11-13-25(27(30)31)21(3)22-14-16-23(17-15-22)26-28-19-24(20-29-26)32-18-12-7-5-2/h14-17,19-21,25H,4-13,18H2,1-3H3,(H,30,31). The maximum Gasteiger partial charge on any atom is 0.307 e. The van der Waals surface area contributed by atoms with Gasteiger partial charge in [0.15, 0.2) is 11.6 Å². The highest BCUT2D eigenvalue weighted by atomic mass is 16.5. The van der Waals surface area contributed by atoms with Crippen LogP contribution in [0.4, 0.5) is 0 Å². The minimum absolute atomic E-state index is 0.0305. The van der Waals surface area contributed by atoms with E-state index in [0.29, 0.717) is 18.2 Å². The Morgan fingerprint density at radius 2 is 1.50 bits per heavy atom. The van der Waals surface area contributed by atoms with E-state index in [1.54, 1.807) is 12.4 Å². The lowest BCUT2D eigenvalue weighted by atomic mass is 9.83. The molecule has 176 valence electrons. The quantitative estimate of drug-likeness (QED) is 0.278. The first-order valence-electron chi connectivity index (χ1n) is 12.3. The van der Waals surface area contributed by atoms with E-state index in [-0.39, 0.29) is 11.8 Å². The van der Waals surface area contributed by atoms with Crippen LogP contribution in [0.1, 0.15) is 96.5 Å². The van der Waals surface area contributed by atoms with Crippen molar-refractivity contribution in [3.63, 3.8) is 0 Å². The smallest absolute Gasteiger partial charge is 0.307 e. The van der Waals surface area contributed by atoms with Gasteiger partial charge in [-0.2, -0.15) is 0 Å². The molecule has 2 unspecified atom stereocenters. The van der Waals surface area contributed by atoms with Crippen LogP contribution in [0.25, 0.3) is 11.4 Å². The zero-order valence-corrected chi connectivity index (χ0v) is 20.1. The van der Waals surface area contributed by atoms with Gasteiger partial charge in [0.2, 0.25) is 0 Å². The Kier molecular flexibility index (Phi) is 11.8. The molecule has 0 radical (unpaired) electrons. The summed E-state index contributed by atoms with van der Waals surface area (Å²) in [4.78, 5) is 20.7. The molecule has 2 aromatic rings. The summed E-state index contributed by atoms with van der Waals surface area (Å²) >= 11 is 0. The van der Waals surface area contributed by atoms with Crippen molar-refractivity contribution in [2.24, 2.45) is 5.92 Å². The number of benzene rings is 1. The molecule has 32 heavy (non-hydrogen) atoms. The SMILES string of the molecule is CCCCCCCCC(C(=O)O)C(C)c1ccc(-c2ncc(OCCCCC)cn2)cc1. The maximum absolute atomic E-state index is 11.9. The first-order valence-corrected chi connectivity index (χ1v) is 12.3. The topological polar surface area (TPSA) is 72.3 Å². The number of unbranched alkanes of at least 4 members (excludes halogenated alkanes) is 7. The molecule has 0 spiro atoms. The molecule has 0 aliphatic rings. The van der Waals surface area contributed by atoms with Gasteiger partial charge in [-0.1, -0.05) is 96.4 Å². The molecule has 0 bridgehead atoms. The Balaban J connectivity index is 1.92. The average Bonchev–Trinajstić information content (AvgIpc) is 2.81. The third-order valence-electron chi connectivity index (χ3n) is 6.13. The highest BCUT2D eigenvalue weighted by Gasteiger charge is 2.25. The molecule has 1 N–H and O–H groups in total. The van der Waals surface area contributed by atoms with Gasteiger partial charge in [0.1, 0.15) is 0 Å². The van der Waals surface area contributed by atoms with Gasteiger partial charge in [-0.25, -0.2) is 9.97 Å². The monoisotopic (exact) mass is 440 g/mol. The second-order valence-electron chi connectivity index (χ2n) is 8.71. The number of carbonyl (C=O) groups is 1. The minimum Gasteiger partial charge on any atom is -0.490 e. The van der Waals surface area contributed by atoms with Crippen molar-refractivity contribution < 1.29 is 14.6 Å². The molecule has 0 saturated heterocycles. The van der Waals surface area contributed by atoms with Gasteiger partial charge in [-0.15, -0.1) is 0 Å². The molecule has 0 aliphatic carbocycles. The highest BCUT2D eigenvalue weighted by Crippen LogP contribution is 2.30. The molecule has 5 heteroatoms. The lowest BCUT2D eigenvalue weighted by Gasteiger charge is -2.21. The van der Waals surface area contributed by atoms with E-state index in [1.165, 1.54) is 32.1 Å². The van der Waals surface area contributed by atoms with Gasteiger partial charge < -0.3 is 9.84 Å². The van der Waals surface area contributed by atoms with Crippen LogP contribution < -0.4 is 4.74 Å².